The number of carboxylic acids is 1. The Morgan fingerprint density at radius 1 is 0.556 bits per heavy atom. The van der Waals surface area contributed by atoms with Crippen LogP contribution in [0.1, 0.15) is 136 Å². The minimum atomic E-state index is -0.888. The van der Waals surface area contributed by atoms with Crippen LogP contribution in [0.4, 0.5) is 0 Å². The van der Waals surface area contributed by atoms with Crippen LogP contribution in [0.5, 0.6) is 0 Å². The van der Waals surface area contributed by atoms with Gasteiger partial charge in [-0.05, 0) is 83.5 Å². The lowest BCUT2D eigenvalue weighted by molar-refractivity contribution is -0.887. The molecule has 0 fully saturated rings. The van der Waals surface area contributed by atoms with Crippen molar-refractivity contribution in [3.8, 4) is 0 Å². The lowest BCUT2D eigenvalue weighted by Gasteiger charge is -2.31. The Kier molecular flexibility index (Phi) is 34.1. The minimum absolute atomic E-state index is 0.0353. The summed E-state index contributed by atoms with van der Waals surface area (Å²) in [5, 5.41) is 9.60. The molecule has 0 amide bonds. The first-order chi connectivity index (χ1) is 26.1. The van der Waals surface area contributed by atoms with E-state index in [0.717, 1.165) is 96.3 Å². The van der Waals surface area contributed by atoms with E-state index in [-0.39, 0.29) is 42.7 Å². The fourth-order valence-corrected chi connectivity index (χ4v) is 5.39. The third kappa shape index (κ3) is 34.3. The minimum Gasteiger partial charge on any atom is -0.477 e. The van der Waals surface area contributed by atoms with E-state index in [1.165, 1.54) is 0 Å². The van der Waals surface area contributed by atoms with Gasteiger partial charge in [0.1, 0.15) is 6.61 Å². The highest BCUT2D eigenvalue weighted by molar-refractivity contribution is 5.72. The molecule has 1 N–H and O–H groups in total. The fraction of sp³-hybridized carbons (Fsp3) is 0.630. The van der Waals surface area contributed by atoms with E-state index in [0.29, 0.717) is 19.3 Å². The standard InChI is InChI=1S/C46H75NO7/c1-6-8-10-12-14-16-18-20-22-23-25-27-29-31-33-35-37-45(49)54-42(40-52-39-38-43(46(50)51)47(3,4)5)41-53-44(48)36-34-32-30-28-26-24-21-19-17-15-13-11-9-7-2/h8-11,14-17,20-22,24-25,27,42-43H,6-7,12-13,18-19,23,26,28-41H2,1-5H3/p+1/b10-8+,11-9+,16-14+,17-15+,22-20+,24-21+,27-25+. The third-order valence-electron chi connectivity index (χ3n) is 8.54. The molecule has 0 aromatic carbocycles. The first-order valence-corrected chi connectivity index (χ1v) is 20.6. The second-order valence-corrected chi connectivity index (χ2v) is 14.5. The average molecular weight is 755 g/mol. The molecule has 8 heteroatoms. The Morgan fingerprint density at radius 3 is 1.44 bits per heavy atom. The molecule has 0 aliphatic carbocycles. The SMILES string of the molecule is CC/C=C/C/C=C/C/C=C/C/C=C/CCCCCC(=O)OC(COCCC(C(=O)O)[N+](C)(C)C)COC(=O)CCCCCC/C=C/C/C=C/C/C=C/CC. The fourth-order valence-electron chi connectivity index (χ4n) is 5.39. The highest BCUT2D eigenvalue weighted by Crippen LogP contribution is 2.12. The van der Waals surface area contributed by atoms with Gasteiger partial charge in [0, 0.05) is 19.3 Å². The van der Waals surface area contributed by atoms with Gasteiger partial charge in [-0.1, -0.05) is 118 Å². The molecular weight excluding hydrogens is 679 g/mol. The molecule has 0 radical (unpaired) electrons. The van der Waals surface area contributed by atoms with Crippen molar-refractivity contribution in [3.05, 3.63) is 85.1 Å². The summed E-state index contributed by atoms with van der Waals surface area (Å²) in [4.78, 5) is 36.9. The lowest BCUT2D eigenvalue weighted by atomic mass is 10.1. The summed E-state index contributed by atoms with van der Waals surface area (Å²) in [5.41, 5.74) is 0. The third-order valence-corrected chi connectivity index (χ3v) is 8.54. The Bertz CT molecular complexity index is 1160. The summed E-state index contributed by atoms with van der Waals surface area (Å²) in [5.74, 6) is -1.55. The van der Waals surface area contributed by atoms with Crippen LogP contribution in [0.25, 0.3) is 0 Å². The molecule has 8 nitrogen and oxygen atoms in total. The summed E-state index contributed by atoms with van der Waals surface area (Å²) >= 11 is 0. The van der Waals surface area contributed by atoms with E-state index in [1.54, 1.807) is 0 Å². The average Bonchev–Trinajstić information content (AvgIpc) is 3.12. The first kappa shape index (κ1) is 50.5. The molecule has 0 aliphatic rings. The number of nitrogens with zero attached hydrogens (tertiary/aromatic N) is 1. The smallest absolute Gasteiger partial charge is 0.362 e. The van der Waals surface area contributed by atoms with Crippen LogP contribution >= 0.6 is 0 Å². The molecule has 0 aromatic heterocycles. The van der Waals surface area contributed by atoms with Crippen LogP contribution in [0.15, 0.2) is 85.1 Å². The molecule has 0 heterocycles. The zero-order chi connectivity index (χ0) is 40.0. The maximum absolute atomic E-state index is 12.7. The van der Waals surface area contributed by atoms with Crippen LogP contribution in [0.2, 0.25) is 0 Å². The molecule has 0 saturated carbocycles. The van der Waals surface area contributed by atoms with E-state index < -0.39 is 18.1 Å². The van der Waals surface area contributed by atoms with Crippen molar-refractivity contribution in [3.63, 3.8) is 0 Å². The van der Waals surface area contributed by atoms with Gasteiger partial charge in [0.2, 0.25) is 0 Å². The molecule has 0 rings (SSSR count). The molecular formula is C46H76NO7+. The molecule has 306 valence electrons. The first-order valence-electron chi connectivity index (χ1n) is 20.6. The van der Waals surface area contributed by atoms with Crippen LogP contribution in [0.3, 0.4) is 0 Å². The van der Waals surface area contributed by atoms with E-state index in [1.807, 2.05) is 21.1 Å². The second kappa shape index (κ2) is 36.5. The topological polar surface area (TPSA) is 99.1 Å². The number of aliphatic carboxylic acids is 1. The Morgan fingerprint density at radius 2 is 0.981 bits per heavy atom. The van der Waals surface area contributed by atoms with Gasteiger partial charge in [0.15, 0.2) is 12.1 Å². The molecule has 0 aliphatic heterocycles. The number of hydrogen-bond donors (Lipinski definition) is 1. The van der Waals surface area contributed by atoms with Crippen LogP contribution in [0, 0.1) is 0 Å². The van der Waals surface area contributed by atoms with Gasteiger partial charge in [0.05, 0.1) is 34.4 Å². The molecule has 2 atom stereocenters. The van der Waals surface area contributed by atoms with E-state index in [9.17, 15) is 19.5 Å². The van der Waals surface area contributed by atoms with Gasteiger partial charge in [-0.15, -0.1) is 0 Å². The summed E-state index contributed by atoms with van der Waals surface area (Å²) < 4.78 is 17.2. The van der Waals surface area contributed by atoms with Gasteiger partial charge in [0.25, 0.3) is 0 Å². The summed E-state index contributed by atoms with van der Waals surface area (Å²) in [6.45, 7) is 4.42. The van der Waals surface area contributed by atoms with E-state index in [4.69, 9.17) is 14.2 Å². The number of ether oxygens (including phenoxy) is 3. The molecule has 0 bridgehead atoms. The summed E-state index contributed by atoms with van der Waals surface area (Å²) in [6, 6.07) is -0.628. The van der Waals surface area contributed by atoms with Gasteiger partial charge in [-0.25, -0.2) is 4.79 Å². The zero-order valence-electron chi connectivity index (χ0n) is 34.6. The van der Waals surface area contributed by atoms with Crippen LogP contribution in [-0.4, -0.2) is 80.6 Å². The number of unbranched alkanes of at least 4 members (excludes halogenated alkanes) is 7. The van der Waals surface area contributed by atoms with Crippen LogP contribution in [-0.2, 0) is 28.6 Å². The van der Waals surface area contributed by atoms with Crippen molar-refractivity contribution in [1.82, 2.24) is 0 Å². The highest BCUT2D eigenvalue weighted by atomic mass is 16.6. The predicted octanol–water partition coefficient (Wildman–Crippen LogP) is 11.0. The van der Waals surface area contributed by atoms with Gasteiger partial charge < -0.3 is 23.8 Å². The number of carboxylic acid groups (broad SMARTS) is 1. The number of carbonyl (C=O) groups excluding carboxylic acids is 2. The molecule has 0 aromatic rings. The maximum Gasteiger partial charge on any atom is 0.362 e. The van der Waals surface area contributed by atoms with Crippen molar-refractivity contribution in [1.29, 1.82) is 0 Å². The number of hydrogen-bond acceptors (Lipinski definition) is 6. The highest BCUT2D eigenvalue weighted by Gasteiger charge is 2.31. The summed E-state index contributed by atoms with van der Waals surface area (Å²) in [6.07, 6.45) is 46.3. The number of rotatable bonds is 35. The summed E-state index contributed by atoms with van der Waals surface area (Å²) in [7, 11) is 5.49. The van der Waals surface area contributed by atoms with Crippen molar-refractivity contribution in [2.45, 2.75) is 148 Å². The number of quaternary nitrogens is 1. The molecule has 54 heavy (non-hydrogen) atoms. The molecule has 0 saturated heterocycles. The van der Waals surface area contributed by atoms with E-state index >= 15 is 0 Å². The zero-order valence-corrected chi connectivity index (χ0v) is 34.6. The monoisotopic (exact) mass is 755 g/mol. The largest absolute Gasteiger partial charge is 0.477 e. The maximum atomic E-state index is 12.7. The Balaban J connectivity index is 4.50. The quantitative estimate of drug-likeness (QED) is 0.0298. The van der Waals surface area contributed by atoms with Crippen LogP contribution < -0.4 is 0 Å². The van der Waals surface area contributed by atoms with Crippen molar-refractivity contribution < 1.29 is 38.2 Å². The second-order valence-electron chi connectivity index (χ2n) is 14.5. The van der Waals surface area contributed by atoms with Crippen molar-refractivity contribution in [2.75, 3.05) is 41.0 Å². The normalized spacial score (nSPS) is 13.9. The number of likely N-dealkylation sites (N-methyl/N-ethyl adjacent to an activating group) is 1. The van der Waals surface area contributed by atoms with Crippen molar-refractivity contribution in [2.24, 2.45) is 0 Å². The Labute approximate surface area is 329 Å². The van der Waals surface area contributed by atoms with E-state index in [2.05, 4.69) is 98.9 Å². The van der Waals surface area contributed by atoms with Gasteiger partial charge in [-0.2, -0.15) is 0 Å². The van der Waals surface area contributed by atoms with Crippen molar-refractivity contribution >= 4 is 17.9 Å². The molecule has 2 unspecified atom stereocenters. The lowest BCUT2D eigenvalue weighted by Crippen LogP contribution is -2.50. The number of esters is 2. The molecule has 0 spiro atoms. The Hall–Kier alpha value is -3.49. The number of allylic oxidation sites excluding steroid dienone is 14. The van der Waals surface area contributed by atoms with Gasteiger partial charge in [-0.3, -0.25) is 9.59 Å². The number of carbonyl (C=O) groups is 3. The van der Waals surface area contributed by atoms with Gasteiger partial charge >= 0.3 is 17.9 Å². The predicted molar refractivity (Wildman–Crippen MR) is 224 cm³/mol.